The summed E-state index contributed by atoms with van der Waals surface area (Å²) >= 11 is 0. The lowest BCUT2D eigenvalue weighted by atomic mass is 10.1. The average Bonchev–Trinajstić information content (AvgIpc) is 3.03. The zero-order valence-electron chi connectivity index (χ0n) is 13.0. The first kappa shape index (κ1) is 15.8. The highest BCUT2D eigenvalue weighted by atomic mass is 19.1. The number of hydrogen-bond acceptors (Lipinski definition) is 2. The van der Waals surface area contributed by atoms with Gasteiger partial charge in [-0.3, -0.25) is 4.68 Å². The Morgan fingerprint density at radius 3 is 2.79 bits per heavy atom. The third-order valence-corrected chi connectivity index (χ3v) is 3.39. The van der Waals surface area contributed by atoms with Crippen LogP contribution >= 0.6 is 0 Å². The first-order valence-corrected chi connectivity index (χ1v) is 7.27. The highest BCUT2D eigenvalue weighted by Gasteiger charge is 2.08. The molecule has 3 aromatic rings. The van der Waals surface area contributed by atoms with Gasteiger partial charge in [0.25, 0.3) is 0 Å². The Morgan fingerprint density at radius 1 is 1.12 bits per heavy atom. The molecule has 3 nitrogen and oxygen atoms in total. The molecule has 1 heterocycles. The predicted molar refractivity (Wildman–Crippen MR) is 87.5 cm³/mol. The van der Waals surface area contributed by atoms with Crippen LogP contribution in [0.2, 0.25) is 0 Å². The van der Waals surface area contributed by atoms with Crippen molar-refractivity contribution >= 4 is 0 Å². The van der Waals surface area contributed by atoms with Gasteiger partial charge in [0.1, 0.15) is 23.9 Å². The van der Waals surface area contributed by atoms with Crippen LogP contribution < -0.4 is 4.74 Å². The Kier molecular flexibility index (Phi) is 4.57. The predicted octanol–water partition coefficient (Wildman–Crippen LogP) is 3.89. The summed E-state index contributed by atoms with van der Waals surface area (Å²) in [6.07, 6.45) is 1.71. The minimum atomic E-state index is -0.636. The molecule has 0 aliphatic rings. The molecule has 0 unspecified atom stereocenters. The molecule has 1 aromatic heterocycles. The van der Waals surface area contributed by atoms with Crippen LogP contribution in [0.25, 0.3) is 11.3 Å². The Balaban J connectivity index is 1.74. The van der Waals surface area contributed by atoms with Gasteiger partial charge in [-0.2, -0.15) is 5.10 Å². The molecule has 2 aromatic carbocycles. The zero-order chi connectivity index (χ0) is 16.9. The van der Waals surface area contributed by atoms with Crippen LogP contribution in [0.1, 0.15) is 5.56 Å². The number of hydrogen-bond donors (Lipinski definition) is 0. The van der Waals surface area contributed by atoms with Gasteiger partial charge in [-0.05, 0) is 36.4 Å². The van der Waals surface area contributed by atoms with E-state index in [-0.39, 0.29) is 5.56 Å². The van der Waals surface area contributed by atoms with Crippen molar-refractivity contribution in [1.82, 2.24) is 9.78 Å². The van der Waals surface area contributed by atoms with E-state index < -0.39 is 11.6 Å². The molecule has 0 saturated carbocycles. The van der Waals surface area contributed by atoms with Crippen molar-refractivity contribution in [3.8, 4) is 28.8 Å². The normalized spacial score (nSPS) is 10.1. The molecular formula is C19H14F2N2O. The highest BCUT2D eigenvalue weighted by molar-refractivity contribution is 5.59. The Bertz CT molecular complexity index is 922. The van der Waals surface area contributed by atoms with Crippen molar-refractivity contribution in [2.75, 3.05) is 7.11 Å². The van der Waals surface area contributed by atoms with Gasteiger partial charge in [-0.25, -0.2) is 8.78 Å². The number of halogens is 2. The van der Waals surface area contributed by atoms with E-state index in [9.17, 15) is 8.78 Å². The van der Waals surface area contributed by atoms with Gasteiger partial charge in [0.05, 0.1) is 12.8 Å². The van der Waals surface area contributed by atoms with Gasteiger partial charge < -0.3 is 4.74 Å². The van der Waals surface area contributed by atoms with Crippen molar-refractivity contribution in [2.45, 2.75) is 6.54 Å². The van der Waals surface area contributed by atoms with Crippen LogP contribution in [-0.2, 0) is 6.54 Å². The van der Waals surface area contributed by atoms with Gasteiger partial charge in [0, 0.05) is 23.4 Å². The van der Waals surface area contributed by atoms with E-state index in [1.807, 2.05) is 24.3 Å². The maximum Gasteiger partial charge on any atom is 0.135 e. The van der Waals surface area contributed by atoms with Crippen molar-refractivity contribution < 1.29 is 13.5 Å². The third kappa shape index (κ3) is 3.61. The standard InChI is InChI=1S/C19H14F2N2O/c1-24-16-6-2-4-14(12-16)5-3-10-23-11-9-19(22-23)17-8-7-15(20)13-18(17)21/h2,4,6-9,11-13H,10H2,1H3. The summed E-state index contributed by atoms with van der Waals surface area (Å²) in [6, 6.07) is 12.5. The number of nitrogens with zero attached hydrogens (tertiary/aromatic N) is 2. The molecule has 0 atom stereocenters. The lowest BCUT2D eigenvalue weighted by Gasteiger charge is -1.99. The summed E-state index contributed by atoms with van der Waals surface area (Å²) < 4.78 is 33.5. The fourth-order valence-corrected chi connectivity index (χ4v) is 2.21. The van der Waals surface area contributed by atoms with Gasteiger partial charge in [-0.1, -0.05) is 17.9 Å². The van der Waals surface area contributed by atoms with Crippen LogP contribution in [0.15, 0.2) is 54.7 Å². The van der Waals surface area contributed by atoms with Crippen molar-refractivity contribution in [1.29, 1.82) is 0 Å². The Morgan fingerprint density at radius 2 is 2.00 bits per heavy atom. The third-order valence-electron chi connectivity index (χ3n) is 3.39. The van der Waals surface area contributed by atoms with Crippen LogP contribution in [-0.4, -0.2) is 16.9 Å². The maximum absolute atomic E-state index is 13.8. The van der Waals surface area contributed by atoms with Gasteiger partial charge in [-0.15, -0.1) is 0 Å². The van der Waals surface area contributed by atoms with Gasteiger partial charge in [0.15, 0.2) is 0 Å². The number of aromatic nitrogens is 2. The Labute approximate surface area is 138 Å². The summed E-state index contributed by atoms with van der Waals surface area (Å²) in [7, 11) is 1.60. The minimum absolute atomic E-state index is 0.260. The SMILES string of the molecule is COc1cccc(C#CCn2ccc(-c3ccc(F)cc3F)n2)c1. The van der Waals surface area contributed by atoms with Crippen LogP contribution in [0, 0.1) is 23.5 Å². The zero-order valence-corrected chi connectivity index (χ0v) is 13.0. The minimum Gasteiger partial charge on any atom is -0.497 e. The Hall–Kier alpha value is -3.13. The smallest absolute Gasteiger partial charge is 0.135 e. The molecule has 3 rings (SSSR count). The summed E-state index contributed by atoms with van der Waals surface area (Å²) in [5.41, 5.74) is 1.54. The number of ether oxygens (including phenoxy) is 1. The molecule has 24 heavy (non-hydrogen) atoms. The lowest BCUT2D eigenvalue weighted by Crippen LogP contribution is -1.97. The highest BCUT2D eigenvalue weighted by Crippen LogP contribution is 2.21. The molecule has 0 saturated heterocycles. The number of rotatable bonds is 3. The fourth-order valence-electron chi connectivity index (χ4n) is 2.21. The van der Waals surface area contributed by atoms with E-state index >= 15 is 0 Å². The molecule has 0 amide bonds. The molecule has 0 bridgehead atoms. The number of benzene rings is 2. The molecule has 0 aliphatic carbocycles. The topological polar surface area (TPSA) is 27.1 Å². The molecule has 5 heteroatoms. The molecule has 0 N–H and O–H groups in total. The quantitative estimate of drug-likeness (QED) is 0.684. The first-order chi connectivity index (χ1) is 11.7. The van der Waals surface area contributed by atoms with Crippen molar-refractivity contribution in [2.24, 2.45) is 0 Å². The largest absolute Gasteiger partial charge is 0.497 e. The van der Waals surface area contributed by atoms with Crippen LogP contribution in [0.3, 0.4) is 0 Å². The molecule has 0 spiro atoms. The second-order valence-electron chi connectivity index (χ2n) is 5.06. The summed E-state index contributed by atoms with van der Waals surface area (Å²) in [4.78, 5) is 0. The van der Waals surface area contributed by atoms with E-state index in [1.54, 1.807) is 24.1 Å². The number of methoxy groups -OCH3 is 1. The summed E-state index contributed by atoms with van der Waals surface area (Å²) in [5, 5.41) is 4.26. The average molecular weight is 324 g/mol. The van der Waals surface area contributed by atoms with Crippen molar-refractivity contribution in [3.05, 3.63) is 71.9 Å². The van der Waals surface area contributed by atoms with Gasteiger partial charge >= 0.3 is 0 Å². The van der Waals surface area contributed by atoms with Crippen LogP contribution in [0.4, 0.5) is 8.78 Å². The van der Waals surface area contributed by atoms with E-state index in [1.165, 1.54) is 12.1 Å². The second-order valence-corrected chi connectivity index (χ2v) is 5.06. The van der Waals surface area contributed by atoms with Crippen LogP contribution in [0.5, 0.6) is 5.75 Å². The lowest BCUT2D eigenvalue weighted by molar-refractivity contribution is 0.414. The van der Waals surface area contributed by atoms with Crippen molar-refractivity contribution in [3.63, 3.8) is 0 Å². The van der Waals surface area contributed by atoms with E-state index in [0.717, 1.165) is 17.4 Å². The maximum atomic E-state index is 13.8. The molecule has 120 valence electrons. The van der Waals surface area contributed by atoms with Gasteiger partial charge in [0.2, 0.25) is 0 Å². The molecule has 0 aliphatic heterocycles. The first-order valence-electron chi connectivity index (χ1n) is 7.27. The molecule has 0 radical (unpaired) electrons. The van der Waals surface area contributed by atoms with E-state index in [0.29, 0.717) is 12.2 Å². The van der Waals surface area contributed by atoms with E-state index in [4.69, 9.17) is 4.74 Å². The molecule has 0 fully saturated rings. The van der Waals surface area contributed by atoms with E-state index in [2.05, 4.69) is 16.9 Å². The second kappa shape index (κ2) is 6.97. The summed E-state index contributed by atoms with van der Waals surface area (Å²) in [5.74, 6) is 5.52. The fraction of sp³-hybridized carbons (Fsp3) is 0.105. The summed E-state index contributed by atoms with van der Waals surface area (Å²) in [6.45, 7) is 0.361. The monoisotopic (exact) mass is 324 g/mol. The molecular weight excluding hydrogens is 310 g/mol.